The van der Waals surface area contributed by atoms with Gasteiger partial charge in [0.05, 0.1) is 5.56 Å². The molecule has 3 heteroatoms. The van der Waals surface area contributed by atoms with Gasteiger partial charge in [-0.3, -0.25) is 4.79 Å². The van der Waals surface area contributed by atoms with Crippen LogP contribution in [0.1, 0.15) is 68.7 Å². The highest BCUT2D eigenvalue weighted by molar-refractivity contribution is 5.96. The van der Waals surface area contributed by atoms with E-state index >= 15 is 0 Å². The number of aromatic nitrogens is 1. The summed E-state index contributed by atoms with van der Waals surface area (Å²) in [5, 5.41) is 3.38. The van der Waals surface area contributed by atoms with Crippen LogP contribution in [-0.2, 0) is 6.54 Å². The number of hydrogen-bond acceptors (Lipinski definition) is 1. The molecular weight excluding hydrogens is 272 g/mol. The summed E-state index contributed by atoms with van der Waals surface area (Å²) in [7, 11) is 0. The Bertz CT molecular complexity index is 613. The fourth-order valence-corrected chi connectivity index (χ4v) is 5.18. The van der Waals surface area contributed by atoms with Gasteiger partial charge in [-0.15, -0.1) is 0 Å². The first-order valence-corrected chi connectivity index (χ1v) is 8.70. The van der Waals surface area contributed by atoms with E-state index in [9.17, 15) is 4.79 Å². The minimum atomic E-state index is 0.113. The third-order valence-corrected chi connectivity index (χ3v) is 7.23. The van der Waals surface area contributed by atoms with Crippen LogP contribution in [0.5, 0.6) is 0 Å². The molecule has 0 saturated heterocycles. The average Bonchev–Trinajstić information content (AvgIpc) is 2.93. The molecule has 22 heavy (non-hydrogen) atoms. The molecule has 2 bridgehead atoms. The minimum absolute atomic E-state index is 0.113. The molecule has 1 heterocycles. The lowest BCUT2D eigenvalue weighted by atomic mass is 9.69. The molecule has 122 valence electrons. The van der Waals surface area contributed by atoms with Gasteiger partial charge in [-0.1, -0.05) is 20.8 Å². The fourth-order valence-electron chi connectivity index (χ4n) is 5.18. The number of amides is 1. The molecule has 2 saturated carbocycles. The zero-order valence-corrected chi connectivity index (χ0v) is 14.9. The minimum Gasteiger partial charge on any atom is -0.349 e. The van der Waals surface area contributed by atoms with Crippen molar-refractivity contribution < 1.29 is 4.79 Å². The van der Waals surface area contributed by atoms with Gasteiger partial charge in [0.25, 0.3) is 5.91 Å². The molecule has 0 spiro atoms. The molecule has 2 aliphatic rings. The smallest absolute Gasteiger partial charge is 0.253 e. The van der Waals surface area contributed by atoms with E-state index in [1.54, 1.807) is 0 Å². The molecular formula is C19H30N2O. The van der Waals surface area contributed by atoms with Crippen molar-refractivity contribution in [1.82, 2.24) is 9.88 Å². The van der Waals surface area contributed by atoms with Gasteiger partial charge in [-0.05, 0) is 62.8 Å². The van der Waals surface area contributed by atoms with E-state index in [1.807, 2.05) is 6.07 Å². The first-order chi connectivity index (χ1) is 10.2. The van der Waals surface area contributed by atoms with Crippen LogP contribution in [0.25, 0.3) is 0 Å². The summed E-state index contributed by atoms with van der Waals surface area (Å²) >= 11 is 0. The summed E-state index contributed by atoms with van der Waals surface area (Å²) in [5.41, 5.74) is 3.69. The molecule has 1 aromatic rings. The number of rotatable bonds is 3. The Hall–Kier alpha value is -1.25. The van der Waals surface area contributed by atoms with E-state index in [0.29, 0.717) is 11.5 Å². The van der Waals surface area contributed by atoms with Gasteiger partial charge in [0.1, 0.15) is 0 Å². The van der Waals surface area contributed by atoms with Crippen molar-refractivity contribution in [2.45, 2.75) is 73.4 Å². The Labute approximate surface area is 134 Å². The van der Waals surface area contributed by atoms with Gasteiger partial charge in [-0.2, -0.15) is 0 Å². The average molecular weight is 302 g/mol. The molecule has 3 unspecified atom stereocenters. The van der Waals surface area contributed by atoms with Gasteiger partial charge in [0, 0.05) is 24.0 Å². The molecule has 0 radical (unpaired) electrons. The quantitative estimate of drug-likeness (QED) is 0.897. The van der Waals surface area contributed by atoms with E-state index < -0.39 is 0 Å². The first kappa shape index (κ1) is 15.6. The standard InChI is InChI=1S/C19H30N2O/c1-7-21-12(2)10-15(13(21)3)17(22)20-16-11-14-8-9-19(16,6)18(14,4)5/h10,14,16H,7-9,11H2,1-6H3,(H,20,22). The van der Waals surface area contributed by atoms with Crippen LogP contribution in [0.2, 0.25) is 0 Å². The fraction of sp³-hybridized carbons (Fsp3) is 0.737. The van der Waals surface area contributed by atoms with Crippen molar-refractivity contribution >= 4 is 5.91 Å². The van der Waals surface area contributed by atoms with Crippen LogP contribution in [0.4, 0.5) is 0 Å². The van der Waals surface area contributed by atoms with E-state index in [4.69, 9.17) is 0 Å². The second-order valence-corrected chi connectivity index (χ2v) is 8.17. The molecule has 3 nitrogen and oxygen atoms in total. The maximum absolute atomic E-state index is 12.8. The Morgan fingerprint density at radius 3 is 2.50 bits per heavy atom. The van der Waals surface area contributed by atoms with Gasteiger partial charge in [0.2, 0.25) is 0 Å². The zero-order chi connectivity index (χ0) is 16.3. The topological polar surface area (TPSA) is 34.0 Å². The van der Waals surface area contributed by atoms with Crippen LogP contribution >= 0.6 is 0 Å². The normalized spacial score (nSPS) is 32.5. The molecule has 1 N–H and O–H groups in total. The van der Waals surface area contributed by atoms with E-state index in [2.05, 4.69) is 51.4 Å². The highest BCUT2D eigenvalue weighted by Gasteiger charge is 2.61. The van der Waals surface area contributed by atoms with E-state index in [0.717, 1.165) is 30.1 Å². The number of nitrogens with zero attached hydrogens (tertiary/aromatic N) is 1. The van der Waals surface area contributed by atoms with Gasteiger partial charge < -0.3 is 9.88 Å². The lowest BCUT2D eigenvalue weighted by Gasteiger charge is -2.39. The molecule has 1 amide bonds. The summed E-state index contributed by atoms with van der Waals surface area (Å²) < 4.78 is 2.21. The van der Waals surface area contributed by atoms with Crippen LogP contribution in [0.15, 0.2) is 6.07 Å². The number of nitrogens with one attached hydrogen (secondary N) is 1. The second kappa shape index (κ2) is 4.87. The predicted molar refractivity (Wildman–Crippen MR) is 90.1 cm³/mol. The Morgan fingerprint density at radius 2 is 2.05 bits per heavy atom. The number of carbonyl (C=O) groups is 1. The lowest BCUT2D eigenvalue weighted by molar-refractivity contribution is 0.0825. The SMILES string of the molecule is CCn1c(C)cc(C(=O)NC2CC3CCC2(C)C3(C)C)c1C. The highest BCUT2D eigenvalue weighted by atomic mass is 16.1. The van der Waals surface area contributed by atoms with E-state index in [-0.39, 0.29) is 11.3 Å². The van der Waals surface area contributed by atoms with Crippen molar-refractivity contribution in [3.8, 4) is 0 Å². The van der Waals surface area contributed by atoms with Crippen molar-refractivity contribution in [3.63, 3.8) is 0 Å². The maximum atomic E-state index is 12.8. The zero-order valence-electron chi connectivity index (χ0n) is 14.9. The molecule has 3 rings (SSSR count). The molecule has 3 atom stereocenters. The van der Waals surface area contributed by atoms with Crippen LogP contribution in [0, 0.1) is 30.6 Å². The number of hydrogen-bond donors (Lipinski definition) is 1. The monoisotopic (exact) mass is 302 g/mol. The summed E-state index contributed by atoms with van der Waals surface area (Å²) in [6, 6.07) is 2.35. The Kier molecular flexibility index (Phi) is 3.46. The van der Waals surface area contributed by atoms with Crippen LogP contribution in [-0.4, -0.2) is 16.5 Å². The van der Waals surface area contributed by atoms with Gasteiger partial charge in [0.15, 0.2) is 0 Å². The summed E-state index contributed by atoms with van der Waals surface area (Å²) in [6.07, 6.45) is 3.70. The van der Waals surface area contributed by atoms with Crippen molar-refractivity contribution in [2.75, 3.05) is 0 Å². The number of aryl methyl sites for hydroxylation is 1. The maximum Gasteiger partial charge on any atom is 0.253 e. The number of fused-ring (bicyclic) bond motifs is 2. The number of carbonyl (C=O) groups excluding carboxylic acids is 1. The molecule has 1 aromatic heterocycles. The largest absolute Gasteiger partial charge is 0.349 e. The summed E-state index contributed by atoms with van der Waals surface area (Å²) in [5.74, 6) is 0.869. The van der Waals surface area contributed by atoms with Crippen molar-refractivity contribution in [3.05, 3.63) is 23.0 Å². The van der Waals surface area contributed by atoms with Crippen molar-refractivity contribution in [1.29, 1.82) is 0 Å². The summed E-state index contributed by atoms with van der Waals surface area (Å²) in [6.45, 7) is 14.3. The second-order valence-electron chi connectivity index (χ2n) is 8.17. The van der Waals surface area contributed by atoms with Crippen LogP contribution in [0.3, 0.4) is 0 Å². The highest BCUT2D eigenvalue weighted by Crippen LogP contribution is 2.65. The Balaban J connectivity index is 1.82. The van der Waals surface area contributed by atoms with Crippen molar-refractivity contribution in [2.24, 2.45) is 16.7 Å². The van der Waals surface area contributed by atoms with Crippen LogP contribution < -0.4 is 5.32 Å². The lowest BCUT2D eigenvalue weighted by Crippen LogP contribution is -2.47. The van der Waals surface area contributed by atoms with Gasteiger partial charge >= 0.3 is 0 Å². The third kappa shape index (κ3) is 1.90. The van der Waals surface area contributed by atoms with E-state index in [1.165, 1.54) is 18.5 Å². The molecule has 0 aromatic carbocycles. The Morgan fingerprint density at radius 1 is 1.36 bits per heavy atom. The molecule has 2 fully saturated rings. The summed E-state index contributed by atoms with van der Waals surface area (Å²) in [4.78, 5) is 12.8. The molecule has 0 aliphatic heterocycles. The van der Waals surface area contributed by atoms with Gasteiger partial charge in [-0.25, -0.2) is 0 Å². The third-order valence-electron chi connectivity index (χ3n) is 7.23. The molecule has 2 aliphatic carbocycles. The first-order valence-electron chi connectivity index (χ1n) is 8.70. The predicted octanol–water partition coefficient (Wildman–Crippen LogP) is 4.07.